The molecule has 0 unspecified atom stereocenters. The van der Waals surface area contributed by atoms with Crippen LogP contribution in [0.3, 0.4) is 0 Å². The van der Waals surface area contributed by atoms with Crippen LogP contribution in [-0.4, -0.2) is 14.8 Å². The van der Waals surface area contributed by atoms with Gasteiger partial charge in [0.05, 0.1) is 11.7 Å². The standard InChI is InChI=1S/C16H17ClN4/c1-11-13(10-20-21(11)2)9-18-8-12-5-6-15(17)14-4-3-7-19-16(12)14/h3-7,10,18H,8-9H2,1-2H3. The molecule has 108 valence electrons. The van der Waals surface area contributed by atoms with E-state index in [9.17, 15) is 0 Å². The zero-order valence-corrected chi connectivity index (χ0v) is 12.9. The third-order valence-electron chi connectivity index (χ3n) is 3.77. The van der Waals surface area contributed by atoms with Gasteiger partial charge >= 0.3 is 0 Å². The number of nitrogens with zero attached hydrogens (tertiary/aromatic N) is 3. The van der Waals surface area contributed by atoms with Gasteiger partial charge in [0.1, 0.15) is 0 Å². The third-order valence-corrected chi connectivity index (χ3v) is 4.10. The van der Waals surface area contributed by atoms with Crippen LogP contribution in [0.25, 0.3) is 10.9 Å². The Morgan fingerprint density at radius 1 is 1.19 bits per heavy atom. The fourth-order valence-electron chi connectivity index (χ4n) is 2.39. The third kappa shape index (κ3) is 2.77. The maximum atomic E-state index is 6.21. The molecule has 2 aromatic heterocycles. The molecule has 21 heavy (non-hydrogen) atoms. The maximum absolute atomic E-state index is 6.21. The van der Waals surface area contributed by atoms with E-state index < -0.39 is 0 Å². The zero-order chi connectivity index (χ0) is 14.8. The first-order chi connectivity index (χ1) is 10.2. The summed E-state index contributed by atoms with van der Waals surface area (Å²) < 4.78 is 1.89. The monoisotopic (exact) mass is 300 g/mol. The number of nitrogens with one attached hydrogen (secondary N) is 1. The molecule has 1 aromatic carbocycles. The molecule has 0 aliphatic heterocycles. The van der Waals surface area contributed by atoms with Gasteiger partial charge in [-0.1, -0.05) is 17.7 Å². The second-order valence-corrected chi connectivity index (χ2v) is 5.50. The predicted molar refractivity (Wildman–Crippen MR) is 85.2 cm³/mol. The zero-order valence-electron chi connectivity index (χ0n) is 12.1. The number of rotatable bonds is 4. The molecule has 0 aliphatic rings. The molecule has 2 heterocycles. The Morgan fingerprint density at radius 2 is 2.00 bits per heavy atom. The van der Waals surface area contributed by atoms with Crippen molar-refractivity contribution >= 4 is 22.5 Å². The predicted octanol–water partition coefficient (Wildman–Crippen LogP) is 3.22. The highest BCUT2D eigenvalue weighted by atomic mass is 35.5. The van der Waals surface area contributed by atoms with E-state index in [1.54, 1.807) is 6.20 Å². The Balaban J connectivity index is 1.77. The number of fused-ring (bicyclic) bond motifs is 1. The average molecular weight is 301 g/mol. The van der Waals surface area contributed by atoms with E-state index in [1.807, 2.05) is 42.2 Å². The summed E-state index contributed by atoms with van der Waals surface area (Å²) in [5.41, 5.74) is 4.50. The Kier molecular flexibility index (Phi) is 3.90. The fraction of sp³-hybridized carbons (Fsp3) is 0.250. The Bertz CT molecular complexity index is 779. The first-order valence-corrected chi connectivity index (χ1v) is 7.25. The number of halogens is 1. The van der Waals surface area contributed by atoms with Gasteiger partial charge in [-0.15, -0.1) is 0 Å². The lowest BCUT2D eigenvalue weighted by Crippen LogP contribution is -2.13. The van der Waals surface area contributed by atoms with E-state index in [-0.39, 0.29) is 0 Å². The van der Waals surface area contributed by atoms with E-state index >= 15 is 0 Å². The minimum Gasteiger partial charge on any atom is -0.308 e. The topological polar surface area (TPSA) is 42.7 Å². The van der Waals surface area contributed by atoms with Crippen molar-refractivity contribution in [1.29, 1.82) is 0 Å². The van der Waals surface area contributed by atoms with E-state index in [1.165, 1.54) is 11.3 Å². The molecule has 0 aliphatic carbocycles. The Hall–Kier alpha value is -1.91. The van der Waals surface area contributed by atoms with Gasteiger partial charge in [0, 0.05) is 48.0 Å². The molecule has 5 heteroatoms. The summed E-state index contributed by atoms with van der Waals surface area (Å²) in [6.07, 6.45) is 3.70. The molecular weight excluding hydrogens is 284 g/mol. The largest absolute Gasteiger partial charge is 0.308 e. The van der Waals surface area contributed by atoms with Crippen LogP contribution in [-0.2, 0) is 20.1 Å². The summed E-state index contributed by atoms with van der Waals surface area (Å²) in [5.74, 6) is 0. The van der Waals surface area contributed by atoms with Crippen molar-refractivity contribution in [2.45, 2.75) is 20.0 Å². The number of hydrogen-bond donors (Lipinski definition) is 1. The summed E-state index contributed by atoms with van der Waals surface area (Å²) in [6.45, 7) is 3.61. The molecule has 0 bridgehead atoms. The van der Waals surface area contributed by atoms with Gasteiger partial charge in [0.25, 0.3) is 0 Å². The van der Waals surface area contributed by atoms with Crippen LogP contribution in [0.2, 0.25) is 5.02 Å². The lowest BCUT2D eigenvalue weighted by molar-refractivity contribution is 0.686. The minimum absolute atomic E-state index is 0.741. The summed E-state index contributed by atoms with van der Waals surface area (Å²) in [6, 6.07) is 7.86. The minimum atomic E-state index is 0.741. The number of hydrogen-bond acceptors (Lipinski definition) is 3. The van der Waals surface area contributed by atoms with Crippen molar-refractivity contribution in [3.63, 3.8) is 0 Å². The van der Waals surface area contributed by atoms with Gasteiger partial charge in [0.15, 0.2) is 0 Å². The first-order valence-electron chi connectivity index (χ1n) is 6.87. The van der Waals surface area contributed by atoms with Crippen LogP contribution in [0.5, 0.6) is 0 Å². The van der Waals surface area contributed by atoms with E-state index in [0.717, 1.165) is 34.6 Å². The molecular formula is C16H17ClN4. The van der Waals surface area contributed by atoms with Crippen LogP contribution >= 0.6 is 11.6 Å². The van der Waals surface area contributed by atoms with Crippen LogP contribution in [0.1, 0.15) is 16.8 Å². The number of benzene rings is 1. The van der Waals surface area contributed by atoms with Gasteiger partial charge in [-0.25, -0.2) is 0 Å². The molecule has 1 N–H and O–H groups in total. The van der Waals surface area contributed by atoms with Crippen LogP contribution in [0.15, 0.2) is 36.7 Å². The molecule has 3 rings (SSSR count). The van der Waals surface area contributed by atoms with Crippen LogP contribution in [0, 0.1) is 6.92 Å². The summed E-state index contributed by atoms with van der Waals surface area (Å²) >= 11 is 6.21. The molecule has 4 nitrogen and oxygen atoms in total. The lowest BCUT2D eigenvalue weighted by atomic mass is 10.1. The molecule has 0 saturated heterocycles. The van der Waals surface area contributed by atoms with Crippen molar-refractivity contribution in [2.24, 2.45) is 7.05 Å². The first kappa shape index (κ1) is 14.0. The van der Waals surface area contributed by atoms with Crippen LogP contribution in [0.4, 0.5) is 0 Å². The van der Waals surface area contributed by atoms with Crippen molar-refractivity contribution in [3.8, 4) is 0 Å². The molecule has 0 amide bonds. The van der Waals surface area contributed by atoms with E-state index in [0.29, 0.717) is 0 Å². The molecule has 3 aromatic rings. The fourth-order valence-corrected chi connectivity index (χ4v) is 2.60. The van der Waals surface area contributed by atoms with Gasteiger partial charge in [-0.05, 0) is 30.7 Å². The van der Waals surface area contributed by atoms with E-state index in [4.69, 9.17) is 11.6 Å². The smallest absolute Gasteiger partial charge is 0.0761 e. The van der Waals surface area contributed by atoms with Crippen molar-refractivity contribution < 1.29 is 0 Å². The summed E-state index contributed by atoms with van der Waals surface area (Å²) in [5, 5.41) is 9.43. The summed E-state index contributed by atoms with van der Waals surface area (Å²) in [4.78, 5) is 4.45. The highest BCUT2D eigenvalue weighted by molar-refractivity contribution is 6.35. The SMILES string of the molecule is Cc1c(CNCc2ccc(Cl)c3cccnc23)cnn1C. The normalized spacial score (nSPS) is 11.2. The quantitative estimate of drug-likeness (QED) is 0.804. The molecule has 0 fully saturated rings. The summed E-state index contributed by atoms with van der Waals surface area (Å²) in [7, 11) is 1.95. The highest BCUT2D eigenvalue weighted by Crippen LogP contribution is 2.24. The molecule has 0 radical (unpaired) electrons. The Morgan fingerprint density at radius 3 is 2.76 bits per heavy atom. The van der Waals surface area contributed by atoms with E-state index in [2.05, 4.69) is 22.3 Å². The molecule has 0 saturated carbocycles. The highest BCUT2D eigenvalue weighted by Gasteiger charge is 2.07. The lowest BCUT2D eigenvalue weighted by Gasteiger charge is -2.08. The number of aryl methyl sites for hydroxylation is 1. The van der Waals surface area contributed by atoms with Crippen molar-refractivity contribution in [3.05, 3.63) is 58.5 Å². The average Bonchev–Trinajstić information content (AvgIpc) is 2.82. The van der Waals surface area contributed by atoms with Crippen molar-refractivity contribution in [1.82, 2.24) is 20.1 Å². The van der Waals surface area contributed by atoms with Gasteiger partial charge in [0.2, 0.25) is 0 Å². The maximum Gasteiger partial charge on any atom is 0.0761 e. The second-order valence-electron chi connectivity index (χ2n) is 5.09. The van der Waals surface area contributed by atoms with Gasteiger partial charge in [-0.3, -0.25) is 9.67 Å². The van der Waals surface area contributed by atoms with Gasteiger partial charge in [-0.2, -0.15) is 5.10 Å². The number of aromatic nitrogens is 3. The number of pyridine rings is 1. The Labute approximate surface area is 128 Å². The van der Waals surface area contributed by atoms with Crippen LogP contribution < -0.4 is 5.32 Å². The molecule has 0 spiro atoms. The van der Waals surface area contributed by atoms with Crippen molar-refractivity contribution in [2.75, 3.05) is 0 Å². The molecule has 0 atom stereocenters. The van der Waals surface area contributed by atoms with Gasteiger partial charge < -0.3 is 5.32 Å². The second kappa shape index (κ2) is 5.84.